The molecule has 6 heteroatoms. The van der Waals surface area contributed by atoms with Gasteiger partial charge in [-0.15, -0.1) is 0 Å². The van der Waals surface area contributed by atoms with Crippen LogP contribution < -0.4 is 0 Å². The first-order valence-electron chi connectivity index (χ1n) is 6.36. The minimum Gasteiger partial charge on any atom is -0.388 e. The molecule has 20 heavy (non-hydrogen) atoms. The molecule has 1 aromatic carbocycles. The van der Waals surface area contributed by atoms with Gasteiger partial charge in [0.05, 0.1) is 10.6 Å². The maximum Gasteiger partial charge on any atom is 0.173 e. The highest BCUT2D eigenvalue weighted by Crippen LogP contribution is 2.29. The summed E-state index contributed by atoms with van der Waals surface area (Å²) in [5.41, 5.74) is 0.315. The smallest absolute Gasteiger partial charge is 0.173 e. The molecule has 0 aliphatic heterocycles. The van der Waals surface area contributed by atoms with Crippen LogP contribution in [0.3, 0.4) is 0 Å². The Bertz CT molecular complexity index is 601. The standard InChI is InChI=1S/C14H15BrF2N2O/c1-2-6-19-7-5-18-12(19)8-11(20)9-3-4-10(16)14(17)13(9)15/h3-5,7,11,20H,2,6,8H2,1H3. The zero-order valence-corrected chi connectivity index (χ0v) is 12.6. The number of aliphatic hydroxyl groups is 1. The number of benzene rings is 1. The predicted molar refractivity (Wildman–Crippen MR) is 75.2 cm³/mol. The largest absolute Gasteiger partial charge is 0.388 e. The molecule has 0 aliphatic carbocycles. The van der Waals surface area contributed by atoms with Gasteiger partial charge < -0.3 is 9.67 Å². The van der Waals surface area contributed by atoms with E-state index in [2.05, 4.69) is 20.9 Å². The fraction of sp³-hybridized carbons (Fsp3) is 0.357. The van der Waals surface area contributed by atoms with Crippen molar-refractivity contribution in [1.29, 1.82) is 0 Å². The molecule has 3 nitrogen and oxygen atoms in total. The van der Waals surface area contributed by atoms with Gasteiger partial charge in [0, 0.05) is 25.4 Å². The molecule has 0 fully saturated rings. The fourth-order valence-electron chi connectivity index (χ4n) is 2.06. The minimum absolute atomic E-state index is 0.0430. The van der Waals surface area contributed by atoms with Crippen molar-refractivity contribution >= 4 is 15.9 Å². The third-order valence-corrected chi connectivity index (χ3v) is 3.87. The lowest BCUT2D eigenvalue weighted by Crippen LogP contribution is -2.10. The van der Waals surface area contributed by atoms with Gasteiger partial charge in [0.15, 0.2) is 11.6 Å². The third-order valence-electron chi connectivity index (χ3n) is 3.07. The molecule has 1 aromatic heterocycles. The minimum atomic E-state index is -0.988. The molecule has 2 rings (SSSR count). The van der Waals surface area contributed by atoms with E-state index >= 15 is 0 Å². The van der Waals surface area contributed by atoms with Gasteiger partial charge in [0.2, 0.25) is 0 Å². The van der Waals surface area contributed by atoms with Crippen LogP contribution in [0.2, 0.25) is 0 Å². The van der Waals surface area contributed by atoms with Gasteiger partial charge in [-0.05, 0) is 34.0 Å². The van der Waals surface area contributed by atoms with Crippen molar-refractivity contribution in [3.63, 3.8) is 0 Å². The van der Waals surface area contributed by atoms with E-state index in [1.807, 2.05) is 17.7 Å². The lowest BCUT2D eigenvalue weighted by Gasteiger charge is -2.14. The van der Waals surface area contributed by atoms with Crippen molar-refractivity contribution in [2.24, 2.45) is 0 Å². The zero-order valence-electron chi connectivity index (χ0n) is 11.0. The quantitative estimate of drug-likeness (QED) is 0.841. The van der Waals surface area contributed by atoms with Crippen molar-refractivity contribution in [3.8, 4) is 0 Å². The van der Waals surface area contributed by atoms with Crippen LogP contribution in [0, 0.1) is 11.6 Å². The maximum absolute atomic E-state index is 13.5. The van der Waals surface area contributed by atoms with E-state index < -0.39 is 17.7 Å². The predicted octanol–water partition coefficient (Wildman–Crippen LogP) is 3.61. The Morgan fingerprint density at radius 3 is 2.85 bits per heavy atom. The van der Waals surface area contributed by atoms with Crippen molar-refractivity contribution in [2.75, 3.05) is 0 Å². The molecule has 1 heterocycles. The Hall–Kier alpha value is -1.27. The van der Waals surface area contributed by atoms with E-state index in [1.54, 1.807) is 6.20 Å². The number of halogens is 3. The molecule has 1 unspecified atom stereocenters. The summed E-state index contributed by atoms with van der Waals surface area (Å²) in [4.78, 5) is 4.19. The average Bonchev–Trinajstić information content (AvgIpc) is 2.84. The summed E-state index contributed by atoms with van der Waals surface area (Å²) in [7, 11) is 0. The van der Waals surface area contributed by atoms with Gasteiger partial charge in [-0.1, -0.05) is 13.0 Å². The van der Waals surface area contributed by atoms with Gasteiger partial charge in [0.1, 0.15) is 5.82 Å². The van der Waals surface area contributed by atoms with Crippen LogP contribution in [-0.4, -0.2) is 14.7 Å². The monoisotopic (exact) mass is 344 g/mol. The summed E-state index contributed by atoms with van der Waals surface area (Å²) in [6.07, 6.45) is 3.76. The van der Waals surface area contributed by atoms with Crippen LogP contribution in [0.4, 0.5) is 8.78 Å². The molecular formula is C14H15BrF2N2O. The van der Waals surface area contributed by atoms with Crippen LogP contribution in [0.15, 0.2) is 29.0 Å². The van der Waals surface area contributed by atoms with Crippen LogP contribution in [0.5, 0.6) is 0 Å². The van der Waals surface area contributed by atoms with E-state index in [0.29, 0.717) is 5.56 Å². The summed E-state index contributed by atoms with van der Waals surface area (Å²) in [5.74, 6) is -1.21. The Labute approximate surface area is 124 Å². The first-order chi connectivity index (χ1) is 9.54. The highest BCUT2D eigenvalue weighted by Gasteiger charge is 2.19. The second-order valence-corrected chi connectivity index (χ2v) is 5.31. The number of rotatable bonds is 5. The molecule has 1 N–H and O–H groups in total. The SMILES string of the molecule is CCCn1ccnc1CC(O)c1ccc(F)c(F)c1Br. The summed E-state index contributed by atoms with van der Waals surface area (Å²) in [6.45, 7) is 2.85. The van der Waals surface area contributed by atoms with Crippen LogP contribution in [-0.2, 0) is 13.0 Å². The Kier molecular flexibility index (Phi) is 4.88. The number of hydrogen-bond acceptors (Lipinski definition) is 2. The first kappa shape index (κ1) is 15.1. The van der Waals surface area contributed by atoms with Gasteiger partial charge in [0.25, 0.3) is 0 Å². The summed E-state index contributed by atoms with van der Waals surface area (Å²) < 4.78 is 28.4. The fourth-order valence-corrected chi connectivity index (χ4v) is 2.64. The van der Waals surface area contributed by atoms with Crippen LogP contribution in [0.25, 0.3) is 0 Å². The first-order valence-corrected chi connectivity index (χ1v) is 7.15. The molecule has 0 bridgehead atoms. The van der Waals surface area contributed by atoms with Crippen molar-refractivity contribution in [1.82, 2.24) is 9.55 Å². The molecule has 0 spiro atoms. The van der Waals surface area contributed by atoms with E-state index in [-0.39, 0.29) is 10.9 Å². The molecule has 1 atom stereocenters. The average molecular weight is 345 g/mol. The van der Waals surface area contributed by atoms with Crippen molar-refractivity contribution in [2.45, 2.75) is 32.4 Å². The number of nitrogens with zero attached hydrogens (tertiary/aromatic N) is 2. The van der Waals surface area contributed by atoms with E-state index in [1.165, 1.54) is 6.07 Å². The molecule has 2 aromatic rings. The van der Waals surface area contributed by atoms with Crippen molar-refractivity contribution in [3.05, 3.63) is 52.0 Å². The van der Waals surface area contributed by atoms with Crippen LogP contribution in [0.1, 0.15) is 30.8 Å². The molecule has 0 saturated carbocycles. The highest BCUT2D eigenvalue weighted by atomic mass is 79.9. The Balaban J connectivity index is 2.22. The molecule has 0 amide bonds. The number of aryl methyl sites for hydroxylation is 1. The van der Waals surface area contributed by atoms with E-state index in [4.69, 9.17) is 0 Å². The third kappa shape index (κ3) is 3.07. The second-order valence-electron chi connectivity index (χ2n) is 4.52. The number of imidazole rings is 1. The van der Waals surface area contributed by atoms with E-state index in [9.17, 15) is 13.9 Å². The lowest BCUT2D eigenvalue weighted by atomic mass is 10.1. The maximum atomic E-state index is 13.5. The van der Waals surface area contributed by atoms with Crippen LogP contribution >= 0.6 is 15.9 Å². The van der Waals surface area contributed by atoms with Gasteiger partial charge >= 0.3 is 0 Å². The highest BCUT2D eigenvalue weighted by molar-refractivity contribution is 9.10. The molecular weight excluding hydrogens is 330 g/mol. The number of aliphatic hydroxyl groups excluding tert-OH is 1. The van der Waals surface area contributed by atoms with Crippen molar-refractivity contribution < 1.29 is 13.9 Å². The zero-order chi connectivity index (χ0) is 14.7. The van der Waals surface area contributed by atoms with Gasteiger partial charge in [-0.25, -0.2) is 13.8 Å². The summed E-state index contributed by atoms with van der Waals surface area (Å²) in [6, 6.07) is 2.39. The van der Waals surface area contributed by atoms with E-state index in [0.717, 1.165) is 24.9 Å². The number of aromatic nitrogens is 2. The lowest BCUT2D eigenvalue weighted by molar-refractivity contribution is 0.173. The van der Waals surface area contributed by atoms with Gasteiger partial charge in [-0.3, -0.25) is 0 Å². The molecule has 0 radical (unpaired) electrons. The molecule has 108 valence electrons. The molecule has 0 aliphatic rings. The Morgan fingerprint density at radius 2 is 2.15 bits per heavy atom. The van der Waals surface area contributed by atoms with Gasteiger partial charge in [-0.2, -0.15) is 0 Å². The summed E-state index contributed by atoms with van der Waals surface area (Å²) >= 11 is 2.98. The normalized spacial score (nSPS) is 12.7. The topological polar surface area (TPSA) is 38.0 Å². The summed E-state index contributed by atoms with van der Waals surface area (Å²) in [5, 5.41) is 10.2. The Morgan fingerprint density at radius 1 is 1.40 bits per heavy atom. The number of hydrogen-bond donors (Lipinski definition) is 1. The second kappa shape index (κ2) is 6.45. The molecule has 0 saturated heterocycles.